The molecule has 1 N–H and O–H groups in total. The van der Waals surface area contributed by atoms with Crippen LogP contribution in [0.3, 0.4) is 0 Å². The Labute approximate surface area is 103 Å². The number of ether oxygens (including phenoxy) is 1. The first-order valence-corrected chi connectivity index (χ1v) is 5.07. The lowest BCUT2D eigenvalue weighted by atomic mass is 10.0. The molecule has 0 aliphatic heterocycles. The van der Waals surface area contributed by atoms with E-state index in [-0.39, 0.29) is 19.4 Å². The zero-order valence-corrected chi connectivity index (χ0v) is 8.85. The Bertz CT molecular complexity index is 459. The van der Waals surface area contributed by atoms with Gasteiger partial charge in [0.2, 0.25) is 0 Å². The molecule has 3 heteroatoms. The maximum Gasteiger partial charge on any atom is 0.306 e. The van der Waals surface area contributed by atoms with Crippen molar-refractivity contribution in [1.29, 1.82) is 0 Å². The Morgan fingerprint density at radius 3 is 2.94 bits per heavy atom. The maximum atomic E-state index is 11.1. The number of hydrogen-bond acceptors (Lipinski definition) is 2. The van der Waals surface area contributed by atoms with E-state index in [9.17, 15) is 4.79 Å². The largest absolute Gasteiger partial charge is 0.494 e. The molecule has 16 heavy (non-hydrogen) atoms. The molecule has 1 unspecified atom stereocenters. The van der Waals surface area contributed by atoms with Crippen LogP contribution in [0.25, 0.3) is 0 Å². The van der Waals surface area contributed by atoms with Crippen molar-refractivity contribution in [1.82, 2.24) is 0 Å². The maximum absolute atomic E-state index is 11.1. The van der Waals surface area contributed by atoms with E-state index < -0.39 is 25.1 Å². The average molecular weight is 227 g/mol. The molecule has 1 aromatic carbocycles. The SMILES string of the molecule is [2H]C([2H])([2H])C([2H])([2H])C(CCCOc1ccccc1)C(=O)O. The van der Waals surface area contributed by atoms with E-state index in [2.05, 4.69) is 0 Å². The van der Waals surface area contributed by atoms with Crippen LogP contribution in [0.15, 0.2) is 30.3 Å². The number of hydrogen-bond donors (Lipinski definition) is 1. The number of benzene rings is 1. The first-order valence-electron chi connectivity index (χ1n) is 7.57. The molecule has 1 aromatic rings. The highest BCUT2D eigenvalue weighted by Gasteiger charge is 2.13. The fourth-order valence-corrected chi connectivity index (χ4v) is 1.25. The predicted molar refractivity (Wildman–Crippen MR) is 62.6 cm³/mol. The highest BCUT2D eigenvalue weighted by atomic mass is 16.5. The summed E-state index contributed by atoms with van der Waals surface area (Å²) in [4.78, 5) is 11.1. The number of para-hydroxylation sites is 1. The zero-order chi connectivity index (χ0) is 16.1. The van der Waals surface area contributed by atoms with Crippen LogP contribution < -0.4 is 4.74 Å². The van der Waals surface area contributed by atoms with Crippen molar-refractivity contribution >= 4 is 5.97 Å². The van der Waals surface area contributed by atoms with Crippen LogP contribution in [0.2, 0.25) is 0 Å². The van der Waals surface area contributed by atoms with Crippen LogP contribution in [-0.4, -0.2) is 17.7 Å². The fourth-order valence-electron chi connectivity index (χ4n) is 1.25. The predicted octanol–water partition coefficient (Wildman–Crippen LogP) is 2.96. The molecule has 88 valence electrons. The van der Waals surface area contributed by atoms with Crippen molar-refractivity contribution in [2.24, 2.45) is 5.92 Å². The topological polar surface area (TPSA) is 46.5 Å². The summed E-state index contributed by atoms with van der Waals surface area (Å²) in [6.07, 6.45) is -2.62. The van der Waals surface area contributed by atoms with Crippen molar-refractivity contribution in [2.45, 2.75) is 26.1 Å². The van der Waals surface area contributed by atoms with Crippen LogP contribution in [0, 0.1) is 5.92 Å². The molecule has 0 aromatic heterocycles. The lowest BCUT2D eigenvalue weighted by Gasteiger charge is -2.10. The first kappa shape index (κ1) is 6.94. The van der Waals surface area contributed by atoms with Crippen molar-refractivity contribution in [3.8, 4) is 5.75 Å². The van der Waals surface area contributed by atoms with Gasteiger partial charge in [-0.15, -0.1) is 0 Å². The minimum absolute atomic E-state index is 0.104. The second-order valence-corrected chi connectivity index (χ2v) is 3.34. The second kappa shape index (κ2) is 6.88. The number of carboxylic acids is 1. The molecule has 0 bridgehead atoms. The van der Waals surface area contributed by atoms with Crippen LogP contribution in [-0.2, 0) is 4.79 Å². The molecule has 0 saturated carbocycles. The average Bonchev–Trinajstić information content (AvgIpc) is 2.37. The molecule has 0 spiro atoms. The van der Waals surface area contributed by atoms with Gasteiger partial charge in [0.25, 0.3) is 0 Å². The van der Waals surface area contributed by atoms with Gasteiger partial charge in [0.1, 0.15) is 5.75 Å². The molecule has 0 amide bonds. The van der Waals surface area contributed by atoms with Gasteiger partial charge in [-0.05, 0) is 31.3 Å². The molecule has 0 radical (unpaired) electrons. The van der Waals surface area contributed by atoms with Crippen LogP contribution in [0.5, 0.6) is 5.75 Å². The van der Waals surface area contributed by atoms with Gasteiger partial charge in [-0.3, -0.25) is 4.79 Å². The fraction of sp³-hybridized carbons (Fsp3) is 0.462. The Balaban J connectivity index is 2.55. The monoisotopic (exact) mass is 227 g/mol. The highest BCUT2D eigenvalue weighted by molar-refractivity contribution is 5.69. The summed E-state index contributed by atoms with van der Waals surface area (Å²) in [6.45, 7) is -2.78. The molecule has 3 nitrogen and oxygen atoms in total. The van der Waals surface area contributed by atoms with Gasteiger partial charge in [0.15, 0.2) is 0 Å². The van der Waals surface area contributed by atoms with E-state index in [1.807, 2.05) is 6.07 Å². The molecule has 0 aliphatic carbocycles. The van der Waals surface area contributed by atoms with Gasteiger partial charge < -0.3 is 9.84 Å². The normalized spacial score (nSPS) is 18.4. The molecule has 0 heterocycles. The summed E-state index contributed by atoms with van der Waals surface area (Å²) in [5, 5.41) is 9.06. The van der Waals surface area contributed by atoms with E-state index in [0.717, 1.165) is 0 Å². The van der Waals surface area contributed by atoms with Crippen LogP contribution in [0.1, 0.15) is 32.9 Å². The van der Waals surface area contributed by atoms with E-state index in [4.69, 9.17) is 16.7 Å². The molecule has 1 rings (SSSR count). The third kappa shape index (κ3) is 4.34. The van der Waals surface area contributed by atoms with Gasteiger partial charge in [0.05, 0.1) is 12.5 Å². The quantitative estimate of drug-likeness (QED) is 0.728. The van der Waals surface area contributed by atoms with Crippen molar-refractivity contribution < 1.29 is 21.5 Å². The minimum atomic E-state index is -2.98. The molecular formula is C13H18O3. The van der Waals surface area contributed by atoms with Gasteiger partial charge >= 0.3 is 5.97 Å². The van der Waals surface area contributed by atoms with Crippen molar-refractivity contribution in [3.05, 3.63) is 30.3 Å². The summed E-state index contributed by atoms with van der Waals surface area (Å²) >= 11 is 0. The number of aliphatic carboxylic acids is 1. The number of rotatable bonds is 7. The third-order valence-electron chi connectivity index (χ3n) is 2.12. The Kier molecular flexibility index (Phi) is 2.98. The Morgan fingerprint density at radius 1 is 1.56 bits per heavy atom. The molecule has 0 saturated heterocycles. The van der Waals surface area contributed by atoms with E-state index in [1.165, 1.54) is 0 Å². The van der Waals surface area contributed by atoms with E-state index in [0.29, 0.717) is 5.75 Å². The summed E-state index contributed by atoms with van der Waals surface area (Å²) in [5.74, 6) is -2.41. The Morgan fingerprint density at radius 2 is 2.31 bits per heavy atom. The lowest BCUT2D eigenvalue weighted by Crippen LogP contribution is -2.13. The minimum Gasteiger partial charge on any atom is -0.494 e. The second-order valence-electron chi connectivity index (χ2n) is 3.34. The summed E-state index contributed by atoms with van der Waals surface area (Å²) in [5.41, 5.74) is 0. The molecule has 0 fully saturated rings. The lowest BCUT2D eigenvalue weighted by molar-refractivity contribution is -0.142. The molecule has 0 aliphatic rings. The standard InChI is InChI=1S/C13H18O3/c1-2-11(13(14)15)7-6-10-16-12-8-4-3-5-9-12/h3-5,8-9,11H,2,6-7,10H2,1H3,(H,14,15)/i1D3,2D2. The van der Waals surface area contributed by atoms with E-state index in [1.54, 1.807) is 24.3 Å². The molecular weight excluding hydrogens is 204 g/mol. The number of carbonyl (C=O) groups is 1. The van der Waals surface area contributed by atoms with Crippen molar-refractivity contribution in [3.63, 3.8) is 0 Å². The smallest absolute Gasteiger partial charge is 0.306 e. The van der Waals surface area contributed by atoms with Crippen LogP contribution >= 0.6 is 0 Å². The van der Waals surface area contributed by atoms with Crippen LogP contribution in [0.4, 0.5) is 0 Å². The zero-order valence-electron chi connectivity index (χ0n) is 13.8. The van der Waals surface area contributed by atoms with Crippen molar-refractivity contribution in [2.75, 3.05) is 6.61 Å². The van der Waals surface area contributed by atoms with Gasteiger partial charge in [-0.1, -0.05) is 25.1 Å². The number of carboxylic acid groups (broad SMARTS) is 1. The van der Waals surface area contributed by atoms with Gasteiger partial charge in [-0.25, -0.2) is 0 Å². The Hall–Kier alpha value is -1.51. The highest BCUT2D eigenvalue weighted by Crippen LogP contribution is 2.13. The summed E-state index contributed by atoms with van der Waals surface area (Å²) in [7, 11) is 0. The summed E-state index contributed by atoms with van der Waals surface area (Å²) in [6, 6.07) is 8.91. The van der Waals surface area contributed by atoms with Gasteiger partial charge in [-0.2, -0.15) is 0 Å². The molecule has 1 atom stereocenters. The first-order chi connectivity index (χ1) is 9.66. The third-order valence-corrected chi connectivity index (χ3v) is 2.12. The summed E-state index contributed by atoms with van der Waals surface area (Å²) < 4.78 is 41.9. The van der Waals surface area contributed by atoms with Gasteiger partial charge in [0, 0.05) is 6.85 Å². The van der Waals surface area contributed by atoms with E-state index >= 15 is 0 Å².